The molecule has 0 bridgehead atoms. The minimum absolute atomic E-state index is 0.527. The third-order valence-corrected chi connectivity index (χ3v) is 4.05. The summed E-state index contributed by atoms with van der Waals surface area (Å²) in [7, 11) is 0. The molecule has 0 atom stereocenters. The molecule has 0 saturated heterocycles. The number of aromatic nitrogens is 2. The molecule has 4 heteroatoms. The number of nitrogens with zero attached hydrogens (tertiary/aromatic N) is 1. The van der Waals surface area contributed by atoms with Crippen molar-refractivity contribution in [2.24, 2.45) is 0 Å². The fraction of sp³-hybridized carbons (Fsp3) is 0.0714. The summed E-state index contributed by atoms with van der Waals surface area (Å²) in [5.41, 5.74) is 2.28. The number of halogens is 1. The van der Waals surface area contributed by atoms with Crippen LogP contribution in [0.1, 0.15) is 5.56 Å². The van der Waals surface area contributed by atoms with Gasteiger partial charge in [-0.2, -0.15) is 0 Å². The molecule has 1 N–H and O–H groups in total. The van der Waals surface area contributed by atoms with Gasteiger partial charge in [-0.15, -0.1) is 0 Å². The molecule has 0 radical (unpaired) electrons. The first-order chi connectivity index (χ1) is 8.72. The fourth-order valence-corrected chi connectivity index (χ4v) is 3.00. The van der Waals surface area contributed by atoms with E-state index in [2.05, 4.69) is 28.2 Å². The second-order valence-corrected chi connectivity index (χ2v) is 5.57. The van der Waals surface area contributed by atoms with Crippen molar-refractivity contribution in [3.63, 3.8) is 0 Å². The molecule has 0 amide bonds. The first-order valence-corrected chi connectivity index (χ1v) is 6.79. The third kappa shape index (κ3) is 2.24. The topological polar surface area (TPSA) is 28.7 Å². The molecule has 0 saturated carbocycles. The lowest BCUT2D eigenvalue weighted by molar-refractivity contribution is 1.17. The van der Waals surface area contributed by atoms with Crippen molar-refractivity contribution in [1.82, 2.24) is 9.97 Å². The standard InChI is InChI=1S/C14H11ClN2S/c1-9-8-16-13(15)7-12(9)18-14-6-10-4-2-3-5-11(10)17-14/h2-8,17H,1H3. The maximum atomic E-state index is 5.93. The van der Waals surface area contributed by atoms with Crippen LogP contribution in [0.25, 0.3) is 10.9 Å². The summed E-state index contributed by atoms with van der Waals surface area (Å²) in [6, 6.07) is 12.3. The van der Waals surface area contributed by atoms with E-state index in [1.54, 1.807) is 18.0 Å². The Kier molecular flexibility index (Phi) is 3.02. The highest BCUT2D eigenvalue weighted by Crippen LogP contribution is 2.32. The molecule has 2 nitrogen and oxygen atoms in total. The van der Waals surface area contributed by atoms with Gasteiger partial charge in [-0.05, 0) is 30.7 Å². The first kappa shape index (κ1) is 11.6. The van der Waals surface area contributed by atoms with Gasteiger partial charge in [0.05, 0.1) is 5.03 Å². The van der Waals surface area contributed by atoms with Crippen molar-refractivity contribution >= 4 is 34.3 Å². The van der Waals surface area contributed by atoms with E-state index in [-0.39, 0.29) is 0 Å². The molecule has 0 aliphatic rings. The number of aryl methyl sites for hydroxylation is 1. The van der Waals surface area contributed by atoms with Crippen LogP contribution < -0.4 is 0 Å². The van der Waals surface area contributed by atoms with Crippen LogP contribution >= 0.6 is 23.4 Å². The molecule has 2 aromatic heterocycles. The van der Waals surface area contributed by atoms with Crippen LogP contribution in [0.15, 0.2) is 52.5 Å². The molecule has 0 aliphatic carbocycles. The van der Waals surface area contributed by atoms with Crippen molar-refractivity contribution < 1.29 is 0 Å². The Bertz CT molecular complexity index is 673. The number of hydrogen-bond donors (Lipinski definition) is 1. The molecule has 2 heterocycles. The van der Waals surface area contributed by atoms with Crippen molar-refractivity contribution in [2.75, 3.05) is 0 Å². The molecule has 0 fully saturated rings. The normalized spacial score (nSPS) is 11.0. The van der Waals surface area contributed by atoms with Gasteiger partial charge in [-0.3, -0.25) is 0 Å². The van der Waals surface area contributed by atoms with E-state index in [1.807, 2.05) is 25.1 Å². The number of fused-ring (bicyclic) bond motifs is 1. The van der Waals surface area contributed by atoms with E-state index < -0.39 is 0 Å². The maximum Gasteiger partial charge on any atom is 0.130 e. The largest absolute Gasteiger partial charge is 0.349 e. The van der Waals surface area contributed by atoms with E-state index in [0.717, 1.165) is 21.0 Å². The number of rotatable bonds is 2. The molecule has 0 spiro atoms. The summed E-state index contributed by atoms with van der Waals surface area (Å²) in [6.07, 6.45) is 1.80. The van der Waals surface area contributed by atoms with Crippen molar-refractivity contribution in [2.45, 2.75) is 16.8 Å². The van der Waals surface area contributed by atoms with Crippen molar-refractivity contribution in [3.8, 4) is 0 Å². The van der Waals surface area contributed by atoms with Crippen molar-refractivity contribution in [3.05, 3.63) is 53.3 Å². The number of nitrogens with one attached hydrogen (secondary N) is 1. The summed E-state index contributed by atoms with van der Waals surface area (Å²) in [6.45, 7) is 2.04. The number of para-hydroxylation sites is 1. The minimum atomic E-state index is 0.527. The SMILES string of the molecule is Cc1cnc(Cl)cc1Sc1cc2ccccc2[nH]1. The summed E-state index contributed by atoms with van der Waals surface area (Å²) < 4.78 is 0. The highest BCUT2D eigenvalue weighted by atomic mass is 35.5. The molecular weight excluding hydrogens is 264 g/mol. The van der Waals surface area contributed by atoms with Gasteiger partial charge in [0.2, 0.25) is 0 Å². The Morgan fingerprint density at radius 1 is 1.22 bits per heavy atom. The van der Waals surface area contributed by atoms with Gasteiger partial charge >= 0.3 is 0 Å². The number of pyridine rings is 1. The molecule has 3 aromatic rings. The Morgan fingerprint density at radius 3 is 2.89 bits per heavy atom. The van der Waals surface area contributed by atoms with E-state index >= 15 is 0 Å². The lowest BCUT2D eigenvalue weighted by atomic mass is 10.3. The van der Waals surface area contributed by atoms with E-state index in [4.69, 9.17) is 11.6 Å². The number of H-pyrrole nitrogens is 1. The Hall–Kier alpha value is -1.45. The zero-order chi connectivity index (χ0) is 12.5. The summed E-state index contributed by atoms with van der Waals surface area (Å²) in [5, 5.41) is 2.86. The molecule has 0 unspecified atom stereocenters. The minimum Gasteiger partial charge on any atom is -0.349 e. The second kappa shape index (κ2) is 4.67. The molecule has 18 heavy (non-hydrogen) atoms. The molecule has 3 rings (SSSR count). The van der Waals surface area contributed by atoms with Crippen LogP contribution in [0.4, 0.5) is 0 Å². The average molecular weight is 275 g/mol. The van der Waals surface area contributed by atoms with Gasteiger partial charge < -0.3 is 4.98 Å². The number of aromatic amines is 1. The van der Waals surface area contributed by atoms with Crippen LogP contribution in [0.3, 0.4) is 0 Å². The number of benzene rings is 1. The van der Waals surface area contributed by atoms with Crippen LogP contribution in [-0.4, -0.2) is 9.97 Å². The predicted octanol–water partition coefficient (Wildman–Crippen LogP) is 4.68. The van der Waals surface area contributed by atoms with Crippen LogP contribution in [0, 0.1) is 6.92 Å². The van der Waals surface area contributed by atoms with E-state index in [0.29, 0.717) is 5.15 Å². The highest BCUT2D eigenvalue weighted by molar-refractivity contribution is 7.99. The average Bonchev–Trinajstić information content (AvgIpc) is 2.76. The first-order valence-electron chi connectivity index (χ1n) is 5.60. The Labute approximate surface area is 114 Å². The second-order valence-electron chi connectivity index (χ2n) is 4.10. The number of hydrogen-bond acceptors (Lipinski definition) is 2. The van der Waals surface area contributed by atoms with E-state index in [1.165, 1.54) is 5.39 Å². The van der Waals surface area contributed by atoms with Crippen LogP contribution in [0.5, 0.6) is 0 Å². The van der Waals surface area contributed by atoms with Gasteiger partial charge in [0.15, 0.2) is 0 Å². The predicted molar refractivity (Wildman–Crippen MR) is 76.4 cm³/mol. The summed E-state index contributed by atoms with van der Waals surface area (Å²) in [4.78, 5) is 8.58. The smallest absolute Gasteiger partial charge is 0.130 e. The maximum absolute atomic E-state index is 5.93. The monoisotopic (exact) mass is 274 g/mol. The summed E-state index contributed by atoms with van der Waals surface area (Å²) >= 11 is 7.60. The molecule has 0 aliphatic heterocycles. The lowest BCUT2D eigenvalue weighted by Gasteiger charge is -2.03. The lowest BCUT2D eigenvalue weighted by Crippen LogP contribution is -1.83. The van der Waals surface area contributed by atoms with Gasteiger partial charge in [0.25, 0.3) is 0 Å². The van der Waals surface area contributed by atoms with Gasteiger partial charge in [0.1, 0.15) is 5.15 Å². The van der Waals surface area contributed by atoms with Crippen LogP contribution in [0.2, 0.25) is 5.15 Å². The molecular formula is C14H11ClN2S. The molecule has 1 aromatic carbocycles. The van der Waals surface area contributed by atoms with Crippen LogP contribution in [-0.2, 0) is 0 Å². The zero-order valence-electron chi connectivity index (χ0n) is 9.77. The third-order valence-electron chi connectivity index (χ3n) is 2.75. The zero-order valence-corrected chi connectivity index (χ0v) is 11.3. The molecule has 90 valence electrons. The quantitative estimate of drug-likeness (QED) is 0.688. The Morgan fingerprint density at radius 2 is 2.06 bits per heavy atom. The highest BCUT2D eigenvalue weighted by Gasteiger charge is 2.06. The van der Waals surface area contributed by atoms with Crippen molar-refractivity contribution in [1.29, 1.82) is 0 Å². The Balaban J connectivity index is 1.98. The fourth-order valence-electron chi connectivity index (χ4n) is 1.81. The summed E-state index contributed by atoms with van der Waals surface area (Å²) in [5.74, 6) is 0. The van der Waals surface area contributed by atoms with Gasteiger partial charge in [-0.1, -0.05) is 41.6 Å². The van der Waals surface area contributed by atoms with E-state index in [9.17, 15) is 0 Å². The van der Waals surface area contributed by atoms with Gasteiger partial charge in [-0.25, -0.2) is 4.98 Å². The van der Waals surface area contributed by atoms with Gasteiger partial charge in [0, 0.05) is 22.0 Å².